The Morgan fingerprint density at radius 3 is 2.20 bits per heavy atom. The average Bonchev–Trinajstić information content (AvgIpc) is 2.09. The van der Waals surface area contributed by atoms with Crippen molar-refractivity contribution >= 4 is 5.97 Å². The summed E-state index contributed by atoms with van der Waals surface area (Å²) in [6.45, 7) is 3.93. The molecule has 0 saturated carbocycles. The summed E-state index contributed by atoms with van der Waals surface area (Å²) in [6.07, 6.45) is 0.535. The quantitative estimate of drug-likeness (QED) is 0.435. The van der Waals surface area contributed by atoms with Crippen LogP contribution in [0.25, 0.3) is 0 Å². The zero-order valence-electron chi connectivity index (χ0n) is 9.27. The summed E-state index contributed by atoms with van der Waals surface area (Å²) in [7, 11) is 0. The smallest absolute Gasteiger partial charge is 0.384 e. The monoisotopic (exact) mass is 220 g/mol. The number of carbonyl (C=O) groups excluding carboxylic acids is 1. The van der Waals surface area contributed by atoms with Gasteiger partial charge in [-0.25, -0.2) is 0 Å². The summed E-state index contributed by atoms with van der Waals surface area (Å²) in [5.74, 6) is -1.14. The Balaban J connectivity index is 4.15. The number of aliphatic hydroxyl groups is 3. The maximum absolute atomic E-state index is 11.4. The predicted octanol–water partition coefficient (Wildman–Crippen LogP) is 0.724. The second-order valence-corrected chi connectivity index (χ2v) is 3.62. The SMILES string of the molecule is CCCCC(CCC)C(=O)OC(O)(O)O. The van der Waals surface area contributed by atoms with E-state index in [9.17, 15) is 4.79 Å². The van der Waals surface area contributed by atoms with Gasteiger partial charge in [0, 0.05) is 0 Å². The lowest BCUT2D eigenvalue weighted by molar-refractivity contribution is -0.436. The molecule has 0 rings (SSSR count). The van der Waals surface area contributed by atoms with Gasteiger partial charge < -0.3 is 20.1 Å². The predicted molar refractivity (Wildman–Crippen MR) is 53.4 cm³/mol. The van der Waals surface area contributed by atoms with Crippen molar-refractivity contribution in [1.29, 1.82) is 0 Å². The van der Waals surface area contributed by atoms with E-state index in [1.165, 1.54) is 0 Å². The molecule has 0 aliphatic rings. The molecule has 15 heavy (non-hydrogen) atoms. The first-order chi connectivity index (χ1) is 6.90. The Morgan fingerprint density at radius 2 is 1.80 bits per heavy atom. The van der Waals surface area contributed by atoms with Crippen molar-refractivity contribution in [3.8, 4) is 0 Å². The third kappa shape index (κ3) is 7.30. The first-order valence-corrected chi connectivity index (χ1v) is 5.30. The molecular formula is C10H20O5. The molecule has 1 unspecified atom stereocenters. The molecule has 0 amide bonds. The first kappa shape index (κ1) is 14.3. The molecule has 5 heteroatoms. The summed E-state index contributed by atoms with van der Waals surface area (Å²) >= 11 is 0. The van der Waals surface area contributed by atoms with Crippen molar-refractivity contribution in [2.75, 3.05) is 0 Å². The van der Waals surface area contributed by atoms with E-state index < -0.39 is 12.1 Å². The van der Waals surface area contributed by atoms with Crippen molar-refractivity contribution in [1.82, 2.24) is 0 Å². The third-order valence-electron chi connectivity index (χ3n) is 2.11. The Hall–Kier alpha value is -0.650. The van der Waals surface area contributed by atoms with E-state index in [1.807, 2.05) is 13.8 Å². The summed E-state index contributed by atoms with van der Waals surface area (Å²) in [5, 5.41) is 25.5. The van der Waals surface area contributed by atoms with E-state index in [2.05, 4.69) is 4.74 Å². The van der Waals surface area contributed by atoms with Crippen molar-refractivity contribution in [3.05, 3.63) is 0 Å². The Bertz CT molecular complexity index is 185. The lowest BCUT2D eigenvalue weighted by atomic mass is 9.97. The first-order valence-electron chi connectivity index (χ1n) is 5.30. The van der Waals surface area contributed by atoms with Crippen molar-refractivity contribution < 1.29 is 24.9 Å². The Labute approximate surface area is 89.7 Å². The molecule has 3 N–H and O–H groups in total. The summed E-state index contributed by atoms with van der Waals surface area (Å²) in [4.78, 5) is 11.4. The van der Waals surface area contributed by atoms with E-state index >= 15 is 0 Å². The standard InChI is InChI=1S/C10H20O5/c1-3-5-7-8(6-4-2)9(11)15-10(12,13)14/h8,12-14H,3-7H2,1-2H3. The fraction of sp³-hybridized carbons (Fsp3) is 0.900. The van der Waals surface area contributed by atoms with Crippen LogP contribution < -0.4 is 0 Å². The lowest BCUT2D eigenvalue weighted by Crippen LogP contribution is -2.36. The highest BCUT2D eigenvalue weighted by molar-refractivity contribution is 5.72. The van der Waals surface area contributed by atoms with Gasteiger partial charge in [0.15, 0.2) is 0 Å². The highest BCUT2D eigenvalue weighted by atomic mass is 16.9. The van der Waals surface area contributed by atoms with E-state index in [1.54, 1.807) is 0 Å². The van der Waals surface area contributed by atoms with E-state index in [4.69, 9.17) is 15.3 Å². The largest absolute Gasteiger partial charge is 0.455 e. The normalized spacial score (nSPS) is 13.7. The van der Waals surface area contributed by atoms with Crippen LogP contribution in [0.4, 0.5) is 0 Å². The number of ether oxygens (including phenoxy) is 1. The van der Waals surface area contributed by atoms with Crippen LogP contribution in [0.2, 0.25) is 0 Å². The van der Waals surface area contributed by atoms with Gasteiger partial charge in [-0.1, -0.05) is 33.1 Å². The molecule has 0 radical (unpaired) electrons. The number of unbranched alkanes of at least 4 members (excludes halogenated alkanes) is 1. The van der Waals surface area contributed by atoms with E-state index in [0.717, 1.165) is 19.3 Å². The summed E-state index contributed by atoms with van der Waals surface area (Å²) < 4.78 is 4.08. The highest BCUT2D eigenvalue weighted by Gasteiger charge is 2.29. The molecule has 0 saturated heterocycles. The van der Waals surface area contributed by atoms with Crippen LogP contribution in [0, 0.1) is 5.92 Å². The fourth-order valence-corrected chi connectivity index (χ4v) is 1.40. The van der Waals surface area contributed by atoms with Gasteiger partial charge in [0.2, 0.25) is 0 Å². The van der Waals surface area contributed by atoms with Crippen molar-refractivity contribution in [2.45, 2.75) is 52.1 Å². The maximum Gasteiger partial charge on any atom is 0.455 e. The summed E-state index contributed by atoms with van der Waals surface area (Å²) in [5.41, 5.74) is 0. The minimum Gasteiger partial charge on any atom is -0.384 e. The molecule has 0 bridgehead atoms. The zero-order chi connectivity index (χ0) is 11.9. The Morgan fingerprint density at radius 1 is 1.20 bits per heavy atom. The second kappa shape index (κ2) is 6.76. The minimum atomic E-state index is -3.35. The molecule has 1 atom stereocenters. The van der Waals surface area contributed by atoms with Crippen LogP contribution in [0.1, 0.15) is 46.0 Å². The molecule has 90 valence electrons. The minimum absolute atomic E-state index is 0.374. The van der Waals surface area contributed by atoms with Crippen LogP contribution in [-0.2, 0) is 9.53 Å². The average molecular weight is 220 g/mol. The molecule has 0 aromatic rings. The fourth-order valence-electron chi connectivity index (χ4n) is 1.40. The third-order valence-corrected chi connectivity index (χ3v) is 2.11. The van der Waals surface area contributed by atoms with Gasteiger partial charge in [-0.2, -0.15) is 0 Å². The van der Waals surface area contributed by atoms with Crippen LogP contribution in [0.15, 0.2) is 0 Å². The molecule has 5 nitrogen and oxygen atoms in total. The van der Waals surface area contributed by atoms with Crippen molar-refractivity contribution in [3.63, 3.8) is 0 Å². The van der Waals surface area contributed by atoms with Gasteiger partial charge in [0.1, 0.15) is 0 Å². The van der Waals surface area contributed by atoms with Crippen LogP contribution in [0.3, 0.4) is 0 Å². The lowest BCUT2D eigenvalue weighted by Gasteiger charge is -2.19. The highest BCUT2D eigenvalue weighted by Crippen LogP contribution is 2.18. The number of hydrogen-bond acceptors (Lipinski definition) is 5. The second-order valence-electron chi connectivity index (χ2n) is 3.62. The maximum atomic E-state index is 11.4. The topological polar surface area (TPSA) is 87.0 Å². The van der Waals surface area contributed by atoms with E-state index in [-0.39, 0.29) is 5.92 Å². The number of esters is 1. The van der Waals surface area contributed by atoms with E-state index in [0.29, 0.717) is 12.8 Å². The molecule has 0 aromatic heterocycles. The van der Waals surface area contributed by atoms with Crippen LogP contribution in [0.5, 0.6) is 0 Å². The summed E-state index contributed by atoms with van der Waals surface area (Å²) in [6, 6.07) is 0. The molecule has 0 fully saturated rings. The van der Waals surface area contributed by atoms with Crippen molar-refractivity contribution in [2.24, 2.45) is 5.92 Å². The van der Waals surface area contributed by atoms with Gasteiger partial charge in [0.25, 0.3) is 0 Å². The van der Waals surface area contributed by atoms with Gasteiger partial charge in [-0.3, -0.25) is 4.79 Å². The molecule has 0 aliphatic heterocycles. The van der Waals surface area contributed by atoms with Gasteiger partial charge >= 0.3 is 12.1 Å². The van der Waals surface area contributed by atoms with Gasteiger partial charge in [0.05, 0.1) is 5.92 Å². The molecule has 0 spiro atoms. The number of hydrogen-bond donors (Lipinski definition) is 3. The molecule has 0 aromatic carbocycles. The van der Waals surface area contributed by atoms with Crippen LogP contribution >= 0.6 is 0 Å². The zero-order valence-corrected chi connectivity index (χ0v) is 9.27. The Kier molecular flexibility index (Phi) is 6.47. The molecular weight excluding hydrogens is 200 g/mol. The van der Waals surface area contributed by atoms with Gasteiger partial charge in [-0.05, 0) is 12.8 Å². The molecule has 0 aliphatic carbocycles. The molecule has 0 heterocycles. The van der Waals surface area contributed by atoms with Crippen LogP contribution in [-0.4, -0.2) is 27.4 Å². The van der Waals surface area contributed by atoms with Gasteiger partial charge in [-0.15, -0.1) is 0 Å². The number of rotatable bonds is 7. The number of carbonyl (C=O) groups is 1.